The third kappa shape index (κ3) is 2.01. The Bertz CT molecular complexity index is 633. The number of hydrogen-bond donors (Lipinski definition) is 1. The Morgan fingerprint density at radius 3 is 3.00 bits per heavy atom. The number of benzene rings is 1. The summed E-state index contributed by atoms with van der Waals surface area (Å²) >= 11 is 0. The highest BCUT2D eigenvalue weighted by molar-refractivity contribution is 5.73. The summed E-state index contributed by atoms with van der Waals surface area (Å²) in [5, 5.41) is 17.7. The van der Waals surface area contributed by atoms with Gasteiger partial charge < -0.3 is 5.11 Å². The SMILES string of the molecule is Cc1cccc(-c2nnc3n2C(C(=O)O)CCC3)c1. The lowest BCUT2D eigenvalue weighted by molar-refractivity contribution is -0.141. The van der Waals surface area contributed by atoms with Crippen molar-refractivity contribution in [1.29, 1.82) is 0 Å². The number of carboxylic acids is 1. The van der Waals surface area contributed by atoms with Crippen molar-refractivity contribution < 1.29 is 9.90 Å². The van der Waals surface area contributed by atoms with E-state index in [4.69, 9.17) is 0 Å². The van der Waals surface area contributed by atoms with Crippen molar-refractivity contribution in [2.45, 2.75) is 32.2 Å². The van der Waals surface area contributed by atoms with Gasteiger partial charge in [0, 0.05) is 12.0 Å². The summed E-state index contributed by atoms with van der Waals surface area (Å²) in [7, 11) is 0. The Labute approximate surface area is 110 Å². The van der Waals surface area contributed by atoms with Crippen LogP contribution in [0.2, 0.25) is 0 Å². The highest BCUT2D eigenvalue weighted by Gasteiger charge is 2.30. The minimum Gasteiger partial charge on any atom is -0.480 e. The van der Waals surface area contributed by atoms with Crippen LogP contribution >= 0.6 is 0 Å². The monoisotopic (exact) mass is 257 g/mol. The van der Waals surface area contributed by atoms with Gasteiger partial charge in [-0.3, -0.25) is 4.57 Å². The van der Waals surface area contributed by atoms with E-state index in [1.54, 1.807) is 4.57 Å². The fraction of sp³-hybridized carbons (Fsp3) is 0.357. The molecule has 1 unspecified atom stereocenters. The maximum atomic E-state index is 11.4. The minimum atomic E-state index is -0.811. The highest BCUT2D eigenvalue weighted by Crippen LogP contribution is 2.30. The summed E-state index contributed by atoms with van der Waals surface area (Å²) < 4.78 is 1.78. The normalized spacial score (nSPS) is 18.1. The molecule has 1 atom stereocenters. The third-order valence-corrected chi connectivity index (χ3v) is 3.52. The molecule has 98 valence electrons. The van der Waals surface area contributed by atoms with Crippen molar-refractivity contribution in [3.8, 4) is 11.4 Å². The van der Waals surface area contributed by atoms with Crippen LogP contribution in [0.15, 0.2) is 24.3 Å². The van der Waals surface area contributed by atoms with E-state index in [0.717, 1.165) is 29.8 Å². The molecule has 0 saturated carbocycles. The van der Waals surface area contributed by atoms with Crippen molar-refractivity contribution >= 4 is 5.97 Å². The molecule has 0 fully saturated rings. The maximum Gasteiger partial charge on any atom is 0.326 e. The van der Waals surface area contributed by atoms with E-state index in [1.807, 2.05) is 31.2 Å². The van der Waals surface area contributed by atoms with Crippen molar-refractivity contribution in [2.75, 3.05) is 0 Å². The predicted molar refractivity (Wildman–Crippen MR) is 69.8 cm³/mol. The number of nitrogens with zero attached hydrogens (tertiary/aromatic N) is 3. The molecule has 1 aliphatic heterocycles. The van der Waals surface area contributed by atoms with Gasteiger partial charge in [-0.25, -0.2) is 4.79 Å². The van der Waals surface area contributed by atoms with Crippen LogP contribution in [0.25, 0.3) is 11.4 Å². The second-order valence-corrected chi connectivity index (χ2v) is 4.93. The Hall–Kier alpha value is -2.17. The molecule has 1 N–H and O–H groups in total. The molecule has 5 nitrogen and oxygen atoms in total. The quantitative estimate of drug-likeness (QED) is 0.895. The largest absolute Gasteiger partial charge is 0.480 e. The fourth-order valence-corrected chi connectivity index (χ4v) is 2.62. The Morgan fingerprint density at radius 2 is 2.26 bits per heavy atom. The lowest BCUT2D eigenvalue weighted by atomic mass is 10.0. The first-order valence-electron chi connectivity index (χ1n) is 6.40. The molecule has 2 aromatic rings. The summed E-state index contributed by atoms with van der Waals surface area (Å²) in [6.45, 7) is 2.01. The first kappa shape index (κ1) is 11.9. The summed E-state index contributed by atoms with van der Waals surface area (Å²) in [4.78, 5) is 11.4. The van der Waals surface area contributed by atoms with Crippen molar-refractivity contribution in [1.82, 2.24) is 14.8 Å². The lowest BCUT2D eigenvalue weighted by Gasteiger charge is -2.22. The third-order valence-electron chi connectivity index (χ3n) is 3.52. The molecule has 1 aromatic carbocycles. The van der Waals surface area contributed by atoms with Crippen molar-refractivity contribution in [3.05, 3.63) is 35.7 Å². The van der Waals surface area contributed by atoms with Gasteiger partial charge in [0.05, 0.1) is 0 Å². The number of rotatable bonds is 2. The van der Waals surface area contributed by atoms with Gasteiger partial charge in [-0.1, -0.05) is 23.8 Å². The van der Waals surface area contributed by atoms with Gasteiger partial charge in [0.2, 0.25) is 0 Å². The van der Waals surface area contributed by atoms with Crippen molar-refractivity contribution in [3.63, 3.8) is 0 Å². The standard InChI is InChI=1S/C14H15N3O2/c1-9-4-2-5-10(8-9)13-16-15-12-7-3-6-11(14(18)19)17(12)13/h2,4-5,8,11H,3,6-7H2,1H3,(H,18,19). The number of carbonyl (C=O) groups is 1. The van der Waals surface area contributed by atoms with Crippen LogP contribution in [0, 0.1) is 6.92 Å². The molecular formula is C14H15N3O2. The van der Waals surface area contributed by atoms with Gasteiger partial charge in [0.15, 0.2) is 5.82 Å². The predicted octanol–water partition coefficient (Wildman–Crippen LogP) is 2.22. The lowest BCUT2D eigenvalue weighted by Crippen LogP contribution is -2.25. The summed E-state index contributed by atoms with van der Waals surface area (Å²) in [5.74, 6) is 0.621. The number of aromatic nitrogens is 3. The van der Waals surface area contributed by atoms with Crippen LogP contribution in [-0.4, -0.2) is 25.8 Å². The number of aliphatic carboxylic acids is 1. The highest BCUT2D eigenvalue weighted by atomic mass is 16.4. The summed E-state index contributed by atoms with van der Waals surface area (Å²) in [5.41, 5.74) is 2.05. The molecule has 0 bridgehead atoms. The van der Waals surface area contributed by atoms with Crippen LogP contribution in [-0.2, 0) is 11.2 Å². The summed E-state index contributed by atoms with van der Waals surface area (Å²) in [6.07, 6.45) is 2.28. The van der Waals surface area contributed by atoms with E-state index in [2.05, 4.69) is 10.2 Å². The van der Waals surface area contributed by atoms with E-state index in [9.17, 15) is 9.90 Å². The Balaban J connectivity index is 2.14. The topological polar surface area (TPSA) is 68.0 Å². The Morgan fingerprint density at radius 1 is 1.42 bits per heavy atom. The van der Waals surface area contributed by atoms with Crippen LogP contribution in [0.3, 0.4) is 0 Å². The van der Waals surface area contributed by atoms with Gasteiger partial charge in [-0.15, -0.1) is 10.2 Å². The van der Waals surface area contributed by atoms with Crippen LogP contribution in [0.5, 0.6) is 0 Å². The van der Waals surface area contributed by atoms with E-state index in [-0.39, 0.29) is 0 Å². The average molecular weight is 257 g/mol. The zero-order valence-electron chi connectivity index (χ0n) is 10.7. The second-order valence-electron chi connectivity index (χ2n) is 4.93. The molecule has 0 spiro atoms. The molecule has 1 aromatic heterocycles. The van der Waals surface area contributed by atoms with Gasteiger partial charge in [-0.05, 0) is 25.8 Å². The van der Waals surface area contributed by atoms with E-state index < -0.39 is 12.0 Å². The van der Waals surface area contributed by atoms with Gasteiger partial charge in [0.25, 0.3) is 0 Å². The molecule has 0 saturated heterocycles. The molecular weight excluding hydrogens is 242 g/mol. The molecule has 3 rings (SSSR count). The molecule has 0 radical (unpaired) electrons. The first-order valence-corrected chi connectivity index (χ1v) is 6.40. The molecule has 19 heavy (non-hydrogen) atoms. The molecule has 5 heteroatoms. The van der Waals surface area contributed by atoms with Crippen LogP contribution in [0.4, 0.5) is 0 Å². The second kappa shape index (κ2) is 4.50. The average Bonchev–Trinajstić information content (AvgIpc) is 2.82. The molecule has 2 heterocycles. The zero-order chi connectivity index (χ0) is 13.4. The van der Waals surface area contributed by atoms with E-state index in [1.165, 1.54) is 0 Å². The number of aryl methyl sites for hydroxylation is 2. The number of hydrogen-bond acceptors (Lipinski definition) is 3. The fourth-order valence-electron chi connectivity index (χ4n) is 2.62. The molecule has 0 aliphatic carbocycles. The molecule has 1 aliphatic rings. The van der Waals surface area contributed by atoms with Crippen molar-refractivity contribution in [2.24, 2.45) is 0 Å². The zero-order valence-corrected chi connectivity index (χ0v) is 10.7. The van der Waals surface area contributed by atoms with Gasteiger partial charge >= 0.3 is 5.97 Å². The number of carboxylic acid groups (broad SMARTS) is 1. The van der Waals surface area contributed by atoms with E-state index in [0.29, 0.717) is 12.2 Å². The van der Waals surface area contributed by atoms with Crippen LogP contribution in [0.1, 0.15) is 30.3 Å². The van der Waals surface area contributed by atoms with Gasteiger partial charge in [0.1, 0.15) is 11.9 Å². The Kier molecular flexibility index (Phi) is 2.81. The van der Waals surface area contributed by atoms with E-state index >= 15 is 0 Å². The summed E-state index contributed by atoms with van der Waals surface area (Å²) in [6, 6.07) is 7.35. The first-order chi connectivity index (χ1) is 9.16. The minimum absolute atomic E-state index is 0.547. The maximum absolute atomic E-state index is 11.4. The number of fused-ring (bicyclic) bond motifs is 1. The molecule has 0 amide bonds. The van der Waals surface area contributed by atoms with Gasteiger partial charge in [-0.2, -0.15) is 0 Å². The van der Waals surface area contributed by atoms with Crippen LogP contribution < -0.4 is 0 Å². The smallest absolute Gasteiger partial charge is 0.326 e.